The zero-order valence-electron chi connectivity index (χ0n) is 14.6. The van der Waals surface area contributed by atoms with Gasteiger partial charge in [0.25, 0.3) is 5.91 Å². The van der Waals surface area contributed by atoms with Gasteiger partial charge in [0.15, 0.2) is 6.54 Å². The monoisotopic (exact) mass is 381 g/mol. The number of hydrogen-bond donors (Lipinski definition) is 4. The second-order valence-corrected chi connectivity index (χ2v) is 6.29. The number of likely N-dealkylation sites (N-methyl/N-ethyl adjacent to an activating group) is 1. The summed E-state index contributed by atoms with van der Waals surface area (Å²) < 4.78 is 5.01. The molecule has 0 saturated heterocycles. The minimum absolute atomic E-state index is 0.101. The molecule has 0 aliphatic carbocycles. The summed E-state index contributed by atoms with van der Waals surface area (Å²) in [6, 6.07) is 6.42. The summed E-state index contributed by atoms with van der Waals surface area (Å²) in [4.78, 5) is 36.5. The number of carbonyl (C=O) groups excluding carboxylic acids is 3. The van der Waals surface area contributed by atoms with Crippen LogP contribution in [0.4, 0.5) is 10.5 Å². The van der Waals surface area contributed by atoms with Crippen LogP contribution in [-0.2, 0) is 14.3 Å². The van der Waals surface area contributed by atoms with Crippen LogP contribution in [0.1, 0.15) is 6.92 Å². The number of carbonyl (C=O) groups is 3. The van der Waals surface area contributed by atoms with Crippen molar-refractivity contribution < 1.29 is 24.0 Å². The Morgan fingerprint density at radius 1 is 1.31 bits per heavy atom. The van der Waals surface area contributed by atoms with Crippen molar-refractivity contribution in [1.29, 1.82) is 0 Å². The van der Waals surface area contributed by atoms with Crippen molar-refractivity contribution in [3.05, 3.63) is 40.6 Å². The predicted octanol–water partition coefficient (Wildman–Crippen LogP) is -0.0768. The highest BCUT2D eigenvalue weighted by atomic mass is 35.5. The highest BCUT2D eigenvalue weighted by Gasteiger charge is 2.26. The van der Waals surface area contributed by atoms with E-state index in [2.05, 4.69) is 16.0 Å². The van der Waals surface area contributed by atoms with Crippen molar-refractivity contribution in [2.45, 2.75) is 6.92 Å². The SMILES string of the molecule is CCOC(=O)C1=C(C[NH+](C)CC(=O)Nc2ccc(Cl)cc2)NC(=O)NC1. The van der Waals surface area contributed by atoms with Crippen molar-refractivity contribution in [1.82, 2.24) is 10.6 Å². The van der Waals surface area contributed by atoms with Gasteiger partial charge in [0.2, 0.25) is 0 Å². The molecule has 0 saturated carbocycles. The highest BCUT2D eigenvalue weighted by Crippen LogP contribution is 2.13. The molecule has 0 fully saturated rings. The summed E-state index contributed by atoms with van der Waals surface area (Å²) in [5, 5.41) is 8.54. The maximum absolute atomic E-state index is 12.2. The van der Waals surface area contributed by atoms with E-state index in [9.17, 15) is 14.4 Å². The third-order valence-electron chi connectivity index (χ3n) is 3.65. The van der Waals surface area contributed by atoms with Gasteiger partial charge in [0.05, 0.1) is 31.5 Å². The molecule has 1 aliphatic heterocycles. The van der Waals surface area contributed by atoms with Crippen LogP contribution in [-0.4, -0.2) is 51.2 Å². The van der Waals surface area contributed by atoms with Crippen molar-refractivity contribution in [3.63, 3.8) is 0 Å². The van der Waals surface area contributed by atoms with E-state index in [0.717, 1.165) is 4.90 Å². The molecule has 0 radical (unpaired) electrons. The molecule has 2 rings (SSSR count). The van der Waals surface area contributed by atoms with Crippen molar-refractivity contribution >= 4 is 35.2 Å². The standard InChI is InChI=1S/C17H21ClN4O4/c1-3-26-16(24)13-8-19-17(25)21-14(13)9-22(2)10-15(23)20-12-6-4-11(18)5-7-12/h4-7H,3,8-10H2,1-2H3,(H,20,23)(H2,19,21,25)/p+1. The van der Waals surface area contributed by atoms with Crippen LogP contribution in [0.2, 0.25) is 5.02 Å². The molecule has 4 N–H and O–H groups in total. The van der Waals surface area contributed by atoms with E-state index in [1.165, 1.54) is 0 Å². The first kappa shape index (κ1) is 19.7. The first-order valence-electron chi connectivity index (χ1n) is 8.19. The van der Waals surface area contributed by atoms with Gasteiger partial charge >= 0.3 is 12.0 Å². The lowest BCUT2D eigenvalue weighted by molar-refractivity contribution is -0.866. The minimum Gasteiger partial charge on any atom is -0.463 e. The summed E-state index contributed by atoms with van der Waals surface area (Å²) in [7, 11) is 1.80. The molecule has 26 heavy (non-hydrogen) atoms. The Morgan fingerprint density at radius 2 is 2.00 bits per heavy atom. The first-order chi connectivity index (χ1) is 12.4. The number of rotatable bonds is 7. The number of hydrogen-bond acceptors (Lipinski definition) is 4. The topological polar surface area (TPSA) is 101 Å². The van der Waals surface area contributed by atoms with Gasteiger partial charge in [-0.2, -0.15) is 0 Å². The summed E-state index contributed by atoms with van der Waals surface area (Å²) in [5.74, 6) is -0.670. The lowest BCUT2D eigenvalue weighted by Crippen LogP contribution is -3.10. The van der Waals surface area contributed by atoms with Gasteiger partial charge in [-0.3, -0.25) is 4.79 Å². The molecule has 0 bridgehead atoms. The number of esters is 1. The quantitative estimate of drug-likeness (QED) is 0.496. The highest BCUT2D eigenvalue weighted by molar-refractivity contribution is 6.30. The normalized spacial score (nSPS) is 15.0. The molecule has 8 nitrogen and oxygen atoms in total. The first-order valence-corrected chi connectivity index (χ1v) is 8.57. The van der Waals surface area contributed by atoms with E-state index in [4.69, 9.17) is 16.3 Å². The number of urea groups is 1. The van der Waals surface area contributed by atoms with Gasteiger partial charge in [0.1, 0.15) is 6.54 Å². The van der Waals surface area contributed by atoms with Gasteiger partial charge in [-0.05, 0) is 31.2 Å². The van der Waals surface area contributed by atoms with Crippen LogP contribution < -0.4 is 20.9 Å². The van der Waals surface area contributed by atoms with Crippen molar-refractivity contribution in [3.8, 4) is 0 Å². The molecule has 1 heterocycles. The largest absolute Gasteiger partial charge is 0.463 e. The van der Waals surface area contributed by atoms with Gasteiger partial charge in [-0.25, -0.2) is 9.59 Å². The van der Waals surface area contributed by atoms with E-state index >= 15 is 0 Å². The maximum Gasteiger partial charge on any atom is 0.337 e. The number of anilines is 1. The molecule has 1 aliphatic rings. The molecular formula is C17H22ClN4O4+. The fraction of sp³-hybridized carbons (Fsp3) is 0.353. The molecule has 3 amide bonds. The number of amides is 3. The molecule has 1 unspecified atom stereocenters. The number of ether oxygens (including phenoxy) is 1. The fourth-order valence-electron chi connectivity index (χ4n) is 2.47. The Labute approximate surface area is 156 Å². The molecule has 0 spiro atoms. The van der Waals surface area contributed by atoms with E-state index < -0.39 is 5.97 Å². The third kappa shape index (κ3) is 5.75. The van der Waals surface area contributed by atoms with E-state index in [0.29, 0.717) is 28.5 Å². The zero-order chi connectivity index (χ0) is 19.1. The van der Waals surface area contributed by atoms with Gasteiger partial charge in [-0.15, -0.1) is 0 Å². The van der Waals surface area contributed by atoms with E-state index in [-0.39, 0.29) is 31.6 Å². The van der Waals surface area contributed by atoms with E-state index in [1.54, 1.807) is 38.2 Å². The van der Waals surface area contributed by atoms with Crippen LogP contribution in [0.15, 0.2) is 35.5 Å². The number of quaternary nitrogens is 1. The zero-order valence-corrected chi connectivity index (χ0v) is 15.4. The Morgan fingerprint density at radius 3 is 2.65 bits per heavy atom. The molecule has 1 aromatic rings. The lowest BCUT2D eigenvalue weighted by atomic mass is 10.1. The number of nitrogens with one attached hydrogen (secondary N) is 4. The molecule has 1 aromatic carbocycles. The van der Waals surface area contributed by atoms with Crippen LogP contribution >= 0.6 is 11.6 Å². The Hall–Kier alpha value is -2.58. The smallest absolute Gasteiger partial charge is 0.337 e. The second kappa shape index (κ2) is 9.21. The Balaban J connectivity index is 1.98. The second-order valence-electron chi connectivity index (χ2n) is 5.85. The molecule has 9 heteroatoms. The third-order valence-corrected chi connectivity index (χ3v) is 3.90. The predicted molar refractivity (Wildman–Crippen MR) is 96.9 cm³/mol. The van der Waals surface area contributed by atoms with Crippen LogP contribution in [0.25, 0.3) is 0 Å². The lowest BCUT2D eigenvalue weighted by Gasteiger charge is -2.23. The Kier molecular flexibility index (Phi) is 6.99. The van der Waals surface area contributed by atoms with Crippen LogP contribution in [0.5, 0.6) is 0 Å². The summed E-state index contributed by atoms with van der Waals surface area (Å²) in [6.45, 7) is 2.52. The molecule has 0 aromatic heterocycles. The van der Waals surface area contributed by atoms with Crippen LogP contribution in [0, 0.1) is 0 Å². The summed E-state index contributed by atoms with van der Waals surface area (Å²) in [5.41, 5.74) is 1.47. The van der Waals surface area contributed by atoms with Gasteiger partial charge in [-0.1, -0.05) is 11.6 Å². The van der Waals surface area contributed by atoms with Gasteiger partial charge < -0.3 is 25.6 Å². The fourth-order valence-corrected chi connectivity index (χ4v) is 2.60. The molecular weight excluding hydrogens is 360 g/mol. The maximum atomic E-state index is 12.2. The summed E-state index contributed by atoms with van der Waals surface area (Å²) >= 11 is 5.82. The average molecular weight is 382 g/mol. The number of halogens is 1. The van der Waals surface area contributed by atoms with Crippen molar-refractivity contribution in [2.75, 3.05) is 38.6 Å². The Bertz CT molecular complexity index is 718. The van der Waals surface area contributed by atoms with Crippen LogP contribution in [0.3, 0.4) is 0 Å². The average Bonchev–Trinajstić information content (AvgIpc) is 2.57. The van der Waals surface area contributed by atoms with Gasteiger partial charge in [0, 0.05) is 10.7 Å². The summed E-state index contributed by atoms with van der Waals surface area (Å²) in [6.07, 6.45) is 0. The number of benzene rings is 1. The minimum atomic E-state index is -0.478. The molecule has 1 atom stereocenters. The molecule has 140 valence electrons. The van der Waals surface area contributed by atoms with Crippen molar-refractivity contribution in [2.24, 2.45) is 0 Å². The van der Waals surface area contributed by atoms with E-state index in [1.807, 2.05) is 0 Å².